The van der Waals surface area contributed by atoms with Crippen molar-refractivity contribution in [3.8, 4) is 0 Å². The average molecular weight is 220 g/mol. The summed E-state index contributed by atoms with van der Waals surface area (Å²) < 4.78 is 1.98. The predicted molar refractivity (Wildman–Crippen MR) is 62.3 cm³/mol. The maximum absolute atomic E-state index is 4.68. The molecule has 2 fully saturated rings. The van der Waals surface area contributed by atoms with E-state index in [1.165, 1.54) is 37.9 Å². The molecule has 0 amide bonds. The molecule has 1 saturated carbocycles. The number of hydrogen-bond acceptors (Lipinski definition) is 3. The molecule has 1 aromatic rings. The Bertz CT molecular complexity index is 361. The topological polar surface area (TPSA) is 42.7 Å². The Morgan fingerprint density at radius 1 is 1.31 bits per heavy atom. The van der Waals surface area contributed by atoms with Gasteiger partial charge >= 0.3 is 0 Å². The molecule has 16 heavy (non-hydrogen) atoms. The molecule has 88 valence electrons. The zero-order valence-corrected chi connectivity index (χ0v) is 9.95. The van der Waals surface area contributed by atoms with E-state index < -0.39 is 0 Å². The molecular weight excluding hydrogens is 200 g/mol. The highest BCUT2D eigenvalue weighted by molar-refractivity contribution is 5.07. The molecule has 4 heteroatoms. The summed E-state index contributed by atoms with van der Waals surface area (Å²) in [6, 6.07) is 0.600. The van der Waals surface area contributed by atoms with Crippen LogP contribution in [0.15, 0.2) is 0 Å². The SMILES string of the molecule is Cn1nc(CC2CCCCN2)nc1C1CC1. The Hall–Kier alpha value is -0.900. The lowest BCUT2D eigenvalue weighted by Gasteiger charge is -2.21. The van der Waals surface area contributed by atoms with Crippen LogP contribution in [0.25, 0.3) is 0 Å². The maximum atomic E-state index is 4.68. The maximum Gasteiger partial charge on any atom is 0.152 e. The second-order valence-electron chi connectivity index (χ2n) is 5.14. The lowest BCUT2D eigenvalue weighted by molar-refractivity contribution is 0.394. The zero-order chi connectivity index (χ0) is 11.0. The van der Waals surface area contributed by atoms with Crippen molar-refractivity contribution in [3.05, 3.63) is 11.6 Å². The summed E-state index contributed by atoms with van der Waals surface area (Å²) in [5, 5.41) is 8.08. The third-order valence-electron chi connectivity index (χ3n) is 3.62. The minimum absolute atomic E-state index is 0.600. The second-order valence-corrected chi connectivity index (χ2v) is 5.14. The molecular formula is C12H20N4. The second kappa shape index (κ2) is 4.17. The summed E-state index contributed by atoms with van der Waals surface area (Å²) in [4.78, 5) is 4.68. The molecule has 1 saturated heterocycles. The summed E-state index contributed by atoms with van der Waals surface area (Å²) in [5.74, 6) is 2.93. The number of nitrogens with zero attached hydrogens (tertiary/aromatic N) is 3. The minimum atomic E-state index is 0.600. The van der Waals surface area contributed by atoms with Crippen LogP contribution in [0, 0.1) is 0 Å². The highest BCUT2D eigenvalue weighted by Crippen LogP contribution is 2.38. The first-order chi connectivity index (χ1) is 7.83. The molecule has 2 heterocycles. The van der Waals surface area contributed by atoms with Gasteiger partial charge in [-0.05, 0) is 32.2 Å². The number of aromatic nitrogens is 3. The first-order valence-corrected chi connectivity index (χ1v) is 6.46. The van der Waals surface area contributed by atoms with E-state index in [4.69, 9.17) is 0 Å². The zero-order valence-electron chi connectivity index (χ0n) is 9.95. The summed E-state index contributed by atoms with van der Waals surface area (Å²) in [7, 11) is 2.03. The van der Waals surface area contributed by atoms with Gasteiger partial charge in [0, 0.05) is 25.4 Å². The van der Waals surface area contributed by atoms with Crippen molar-refractivity contribution in [1.29, 1.82) is 0 Å². The van der Waals surface area contributed by atoms with E-state index in [1.54, 1.807) is 0 Å². The molecule has 0 bridgehead atoms. The fourth-order valence-corrected chi connectivity index (χ4v) is 2.55. The Balaban J connectivity index is 1.66. The third kappa shape index (κ3) is 2.12. The van der Waals surface area contributed by atoms with Crippen molar-refractivity contribution in [1.82, 2.24) is 20.1 Å². The minimum Gasteiger partial charge on any atom is -0.314 e. The highest BCUT2D eigenvalue weighted by atomic mass is 15.3. The van der Waals surface area contributed by atoms with Gasteiger partial charge in [-0.15, -0.1) is 0 Å². The van der Waals surface area contributed by atoms with E-state index >= 15 is 0 Å². The van der Waals surface area contributed by atoms with Crippen molar-refractivity contribution < 1.29 is 0 Å². The Morgan fingerprint density at radius 3 is 2.88 bits per heavy atom. The van der Waals surface area contributed by atoms with Crippen LogP contribution in [0.1, 0.15) is 49.7 Å². The van der Waals surface area contributed by atoms with E-state index in [2.05, 4.69) is 15.4 Å². The molecule has 0 spiro atoms. The monoisotopic (exact) mass is 220 g/mol. The molecule has 4 nitrogen and oxygen atoms in total. The van der Waals surface area contributed by atoms with Crippen molar-refractivity contribution in [2.75, 3.05) is 6.54 Å². The fraction of sp³-hybridized carbons (Fsp3) is 0.833. The number of hydrogen-bond donors (Lipinski definition) is 1. The van der Waals surface area contributed by atoms with Crippen LogP contribution in [0.3, 0.4) is 0 Å². The summed E-state index contributed by atoms with van der Waals surface area (Å²) >= 11 is 0. The third-order valence-corrected chi connectivity index (χ3v) is 3.62. The summed E-state index contributed by atoms with van der Waals surface area (Å²) in [5.41, 5.74) is 0. The van der Waals surface area contributed by atoms with Gasteiger partial charge in [0.2, 0.25) is 0 Å². The van der Waals surface area contributed by atoms with Crippen LogP contribution in [0.2, 0.25) is 0 Å². The predicted octanol–water partition coefficient (Wildman–Crippen LogP) is 1.38. The molecule has 1 atom stereocenters. The van der Waals surface area contributed by atoms with Gasteiger partial charge in [0.15, 0.2) is 5.82 Å². The molecule has 2 aliphatic rings. The summed E-state index contributed by atoms with van der Waals surface area (Å²) in [6.45, 7) is 1.16. The Labute approximate surface area is 96.4 Å². The number of nitrogens with one attached hydrogen (secondary N) is 1. The number of piperidine rings is 1. The molecule has 1 aromatic heterocycles. The summed E-state index contributed by atoms with van der Waals surface area (Å²) in [6.07, 6.45) is 7.54. The van der Waals surface area contributed by atoms with Gasteiger partial charge in [-0.1, -0.05) is 6.42 Å². The molecule has 3 rings (SSSR count). The van der Waals surface area contributed by atoms with Crippen LogP contribution in [-0.2, 0) is 13.5 Å². The van der Waals surface area contributed by atoms with Gasteiger partial charge in [-0.2, -0.15) is 5.10 Å². The highest BCUT2D eigenvalue weighted by Gasteiger charge is 2.29. The van der Waals surface area contributed by atoms with E-state index in [0.29, 0.717) is 12.0 Å². The van der Waals surface area contributed by atoms with Crippen LogP contribution < -0.4 is 5.32 Å². The lowest BCUT2D eigenvalue weighted by Crippen LogP contribution is -2.35. The molecule has 1 aliphatic heterocycles. The van der Waals surface area contributed by atoms with Crippen molar-refractivity contribution in [3.63, 3.8) is 0 Å². The van der Waals surface area contributed by atoms with Crippen LogP contribution in [-0.4, -0.2) is 27.4 Å². The van der Waals surface area contributed by atoms with Crippen molar-refractivity contribution in [2.24, 2.45) is 7.05 Å². The lowest BCUT2D eigenvalue weighted by atomic mass is 10.0. The first-order valence-electron chi connectivity index (χ1n) is 6.46. The van der Waals surface area contributed by atoms with Gasteiger partial charge < -0.3 is 5.32 Å². The average Bonchev–Trinajstić information content (AvgIpc) is 3.06. The number of rotatable bonds is 3. The van der Waals surface area contributed by atoms with Crippen LogP contribution >= 0.6 is 0 Å². The Morgan fingerprint density at radius 2 is 2.19 bits per heavy atom. The van der Waals surface area contributed by atoms with Gasteiger partial charge in [0.25, 0.3) is 0 Å². The van der Waals surface area contributed by atoms with E-state index in [1.807, 2.05) is 11.7 Å². The van der Waals surface area contributed by atoms with E-state index in [9.17, 15) is 0 Å². The smallest absolute Gasteiger partial charge is 0.152 e. The molecule has 1 aliphatic carbocycles. The van der Waals surface area contributed by atoms with Crippen LogP contribution in [0.5, 0.6) is 0 Å². The quantitative estimate of drug-likeness (QED) is 0.836. The largest absolute Gasteiger partial charge is 0.314 e. The van der Waals surface area contributed by atoms with Gasteiger partial charge in [0.05, 0.1) is 0 Å². The van der Waals surface area contributed by atoms with E-state index in [0.717, 1.165) is 18.8 Å². The van der Waals surface area contributed by atoms with Gasteiger partial charge in [0.1, 0.15) is 5.82 Å². The molecule has 1 unspecified atom stereocenters. The fourth-order valence-electron chi connectivity index (χ4n) is 2.55. The first kappa shape index (κ1) is 10.3. The van der Waals surface area contributed by atoms with Crippen LogP contribution in [0.4, 0.5) is 0 Å². The van der Waals surface area contributed by atoms with Crippen molar-refractivity contribution in [2.45, 2.75) is 50.5 Å². The molecule has 1 N–H and O–H groups in total. The molecule has 0 aromatic carbocycles. The van der Waals surface area contributed by atoms with Crippen molar-refractivity contribution >= 4 is 0 Å². The Kier molecular flexibility index (Phi) is 2.67. The normalized spacial score (nSPS) is 25.9. The molecule has 0 radical (unpaired) electrons. The van der Waals surface area contributed by atoms with E-state index in [-0.39, 0.29) is 0 Å². The number of aryl methyl sites for hydroxylation is 1. The van der Waals surface area contributed by atoms with Gasteiger partial charge in [-0.25, -0.2) is 4.98 Å². The van der Waals surface area contributed by atoms with Gasteiger partial charge in [-0.3, -0.25) is 4.68 Å². The standard InChI is InChI=1S/C12H20N4/c1-16-12(9-5-6-9)14-11(15-16)8-10-4-2-3-7-13-10/h9-10,13H,2-8H2,1H3.